The van der Waals surface area contributed by atoms with Gasteiger partial charge in [-0.1, -0.05) is 54.6 Å². The van der Waals surface area contributed by atoms with Gasteiger partial charge < -0.3 is 19.7 Å². The Kier molecular flexibility index (Phi) is 9.74. The number of carbonyl (C=O) groups is 1. The number of hydrogen-bond donors (Lipinski definition) is 2. The van der Waals surface area contributed by atoms with Crippen molar-refractivity contribution in [2.45, 2.75) is 51.6 Å². The zero-order valence-corrected chi connectivity index (χ0v) is 20.9. The van der Waals surface area contributed by atoms with Crippen LogP contribution in [-0.4, -0.2) is 30.4 Å². The van der Waals surface area contributed by atoms with Crippen LogP contribution < -0.4 is 9.47 Å². The molecule has 186 valence electrons. The molecule has 5 nitrogen and oxygen atoms in total. The molecule has 0 spiro atoms. The number of aliphatic hydroxyl groups is 1. The van der Waals surface area contributed by atoms with Gasteiger partial charge in [-0.05, 0) is 79.3 Å². The van der Waals surface area contributed by atoms with Crippen molar-refractivity contribution in [3.05, 3.63) is 94.5 Å². The molecule has 3 rings (SSSR count). The van der Waals surface area contributed by atoms with E-state index in [0.717, 1.165) is 41.5 Å². The third kappa shape index (κ3) is 7.59. The Morgan fingerprint density at radius 2 is 1.49 bits per heavy atom. The highest BCUT2D eigenvalue weighted by molar-refractivity contribution is 5.67. The molecule has 0 heterocycles. The summed E-state index contributed by atoms with van der Waals surface area (Å²) in [4.78, 5) is 11.0. The van der Waals surface area contributed by atoms with Gasteiger partial charge in [0.25, 0.3) is 0 Å². The van der Waals surface area contributed by atoms with Crippen LogP contribution in [0.1, 0.15) is 53.2 Å². The molecule has 5 heteroatoms. The second kappa shape index (κ2) is 13.0. The molecule has 0 saturated heterocycles. The average molecular weight is 477 g/mol. The molecule has 0 amide bonds. The molecule has 0 saturated carbocycles. The maximum absolute atomic E-state index is 11.5. The number of aryl methyl sites for hydroxylation is 2. The van der Waals surface area contributed by atoms with Gasteiger partial charge in [0.2, 0.25) is 0 Å². The van der Waals surface area contributed by atoms with E-state index in [0.29, 0.717) is 24.3 Å². The first-order chi connectivity index (χ1) is 16.9. The van der Waals surface area contributed by atoms with Crippen molar-refractivity contribution in [1.82, 2.24) is 0 Å². The third-order valence-corrected chi connectivity index (χ3v) is 6.56. The van der Waals surface area contributed by atoms with Crippen LogP contribution in [0.25, 0.3) is 0 Å². The Labute approximate surface area is 208 Å². The van der Waals surface area contributed by atoms with Gasteiger partial charge in [-0.3, -0.25) is 4.79 Å². The number of ether oxygens (including phenoxy) is 2. The number of benzene rings is 3. The fraction of sp³-hybridized carbons (Fsp3) is 0.367. The Balaban J connectivity index is 1.83. The fourth-order valence-electron chi connectivity index (χ4n) is 4.60. The molecule has 2 atom stereocenters. The summed E-state index contributed by atoms with van der Waals surface area (Å²) < 4.78 is 11.1. The summed E-state index contributed by atoms with van der Waals surface area (Å²) in [5.41, 5.74) is 5.06. The Bertz CT molecular complexity index is 1070. The van der Waals surface area contributed by atoms with Gasteiger partial charge in [0.15, 0.2) is 0 Å². The van der Waals surface area contributed by atoms with Gasteiger partial charge >= 0.3 is 5.97 Å². The van der Waals surface area contributed by atoms with Crippen LogP contribution in [0.15, 0.2) is 66.7 Å². The standard InChI is InChI=1S/C30H36O5/c1-21-27(34-2)19-26(20-28(21)35-3)30(33)25(14-8-11-22-9-5-4-6-10-22)18-24-13-7-12-23(17-24)15-16-29(31)32/h4-7,9-10,12-13,17,19-20,25,30,33H,8,11,14-16,18H2,1-3H3,(H,31,32). The zero-order valence-electron chi connectivity index (χ0n) is 20.9. The minimum Gasteiger partial charge on any atom is -0.496 e. The van der Waals surface area contributed by atoms with E-state index in [9.17, 15) is 9.90 Å². The average Bonchev–Trinajstić information content (AvgIpc) is 2.87. The molecule has 35 heavy (non-hydrogen) atoms. The van der Waals surface area contributed by atoms with E-state index in [1.165, 1.54) is 5.56 Å². The smallest absolute Gasteiger partial charge is 0.303 e. The Morgan fingerprint density at radius 1 is 0.857 bits per heavy atom. The molecule has 0 aliphatic carbocycles. The fourth-order valence-corrected chi connectivity index (χ4v) is 4.60. The second-order valence-corrected chi connectivity index (χ2v) is 9.05. The van der Waals surface area contributed by atoms with Crippen molar-refractivity contribution in [1.29, 1.82) is 0 Å². The highest BCUT2D eigenvalue weighted by Crippen LogP contribution is 2.36. The lowest BCUT2D eigenvalue weighted by molar-refractivity contribution is -0.136. The molecule has 0 aliphatic heterocycles. The maximum atomic E-state index is 11.5. The van der Waals surface area contributed by atoms with Gasteiger partial charge in [-0.25, -0.2) is 0 Å². The summed E-state index contributed by atoms with van der Waals surface area (Å²) in [7, 11) is 3.25. The SMILES string of the molecule is COc1cc(C(O)C(CCCc2ccccc2)Cc2cccc(CCC(=O)O)c2)cc(OC)c1C. The van der Waals surface area contributed by atoms with Crippen LogP contribution in [0.3, 0.4) is 0 Å². The van der Waals surface area contributed by atoms with Crippen LogP contribution >= 0.6 is 0 Å². The molecule has 0 aromatic heterocycles. The number of hydrogen-bond acceptors (Lipinski definition) is 4. The highest BCUT2D eigenvalue weighted by atomic mass is 16.5. The molecule has 2 unspecified atom stereocenters. The largest absolute Gasteiger partial charge is 0.496 e. The molecule has 0 aliphatic rings. The monoisotopic (exact) mass is 476 g/mol. The first kappa shape index (κ1) is 26.3. The van der Waals surface area contributed by atoms with E-state index in [-0.39, 0.29) is 12.3 Å². The summed E-state index contributed by atoms with van der Waals surface area (Å²) in [6.07, 6.45) is 3.33. The van der Waals surface area contributed by atoms with Crippen molar-refractivity contribution < 1.29 is 24.5 Å². The van der Waals surface area contributed by atoms with Crippen molar-refractivity contribution in [3.63, 3.8) is 0 Å². The van der Waals surface area contributed by atoms with E-state index in [2.05, 4.69) is 36.4 Å². The van der Waals surface area contributed by atoms with Crippen molar-refractivity contribution in [3.8, 4) is 11.5 Å². The first-order valence-corrected chi connectivity index (χ1v) is 12.2. The van der Waals surface area contributed by atoms with Gasteiger partial charge in [-0.2, -0.15) is 0 Å². The number of carboxylic acid groups (broad SMARTS) is 1. The summed E-state index contributed by atoms with van der Waals surface area (Å²) in [6, 6.07) is 22.2. The van der Waals surface area contributed by atoms with Crippen LogP contribution in [0.2, 0.25) is 0 Å². The predicted octanol–water partition coefficient (Wildman–Crippen LogP) is 5.94. The van der Waals surface area contributed by atoms with Crippen LogP contribution in [0, 0.1) is 12.8 Å². The highest BCUT2D eigenvalue weighted by Gasteiger charge is 2.24. The number of aliphatic hydroxyl groups excluding tert-OH is 1. The molecule has 3 aromatic rings. The molecule has 2 N–H and O–H groups in total. The lowest BCUT2D eigenvalue weighted by Crippen LogP contribution is -2.17. The quantitative estimate of drug-likeness (QED) is 0.319. The van der Waals surface area contributed by atoms with Crippen LogP contribution in [0.5, 0.6) is 11.5 Å². The Hall–Kier alpha value is -3.31. The molecular weight excluding hydrogens is 440 g/mol. The van der Waals surface area contributed by atoms with E-state index in [1.807, 2.05) is 37.3 Å². The molecule has 0 fully saturated rings. The molecule has 0 radical (unpaired) electrons. The topological polar surface area (TPSA) is 76.0 Å². The van der Waals surface area contributed by atoms with Gasteiger partial charge in [0.05, 0.1) is 20.3 Å². The van der Waals surface area contributed by atoms with E-state index in [1.54, 1.807) is 14.2 Å². The second-order valence-electron chi connectivity index (χ2n) is 9.05. The summed E-state index contributed by atoms with van der Waals surface area (Å²) in [6.45, 7) is 1.94. The molecule has 0 bridgehead atoms. The van der Waals surface area contributed by atoms with E-state index < -0.39 is 12.1 Å². The Morgan fingerprint density at radius 3 is 2.11 bits per heavy atom. The third-order valence-electron chi connectivity index (χ3n) is 6.56. The van der Waals surface area contributed by atoms with Gasteiger partial charge in [0.1, 0.15) is 11.5 Å². The van der Waals surface area contributed by atoms with Gasteiger partial charge in [-0.15, -0.1) is 0 Å². The minimum atomic E-state index is -0.799. The lowest BCUT2D eigenvalue weighted by atomic mass is 9.84. The van der Waals surface area contributed by atoms with Crippen LogP contribution in [0.4, 0.5) is 0 Å². The zero-order chi connectivity index (χ0) is 25.2. The van der Waals surface area contributed by atoms with Crippen molar-refractivity contribution >= 4 is 5.97 Å². The molecular formula is C30H36O5. The maximum Gasteiger partial charge on any atom is 0.303 e. The predicted molar refractivity (Wildman–Crippen MR) is 138 cm³/mol. The summed E-state index contributed by atoms with van der Waals surface area (Å²) in [5.74, 6) is 0.562. The lowest BCUT2D eigenvalue weighted by Gasteiger charge is -2.25. The van der Waals surface area contributed by atoms with E-state index in [4.69, 9.17) is 14.6 Å². The van der Waals surface area contributed by atoms with Gasteiger partial charge in [0, 0.05) is 12.0 Å². The van der Waals surface area contributed by atoms with Crippen molar-refractivity contribution in [2.75, 3.05) is 14.2 Å². The van der Waals surface area contributed by atoms with Crippen LogP contribution in [-0.2, 0) is 24.1 Å². The number of carboxylic acids is 1. The summed E-state index contributed by atoms with van der Waals surface area (Å²) >= 11 is 0. The number of methoxy groups -OCH3 is 2. The summed E-state index contributed by atoms with van der Waals surface area (Å²) in [5, 5.41) is 20.6. The van der Waals surface area contributed by atoms with E-state index >= 15 is 0 Å². The van der Waals surface area contributed by atoms with Crippen molar-refractivity contribution in [2.24, 2.45) is 5.92 Å². The molecule has 3 aromatic carbocycles. The number of aliphatic carboxylic acids is 1. The minimum absolute atomic E-state index is 0.0226. The number of rotatable bonds is 13. The normalized spacial score (nSPS) is 12.7. The first-order valence-electron chi connectivity index (χ1n) is 12.2.